The number of carbonyl (C=O) groups is 2. The average Bonchev–Trinajstić information content (AvgIpc) is 3.04. The topological polar surface area (TPSA) is 107 Å². The van der Waals surface area contributed by atoms with Gasteiger partial charge in [-0.25, -0.2) is 0 Å². The van der Waals surface area contributed by atoms with Gasteiger partial charge >= 0.3 is 0 Å². The molecule has 1 aromatic heterocycles. The van der Waals surface area contributed by atoms with Crippen LogP contribution in [0.2, 0.25) is 0 Å². The molecule has 150 valence electrons. The van der Waals surface area contributed by atoms with Crippen LogP contribution in [0.15, 0.2) is 59.1 Å². The van der Waals surface area contributed by atoms with Gasteiger partial charge in [0.2, 0.25) is 5.91 Å². The Kier molecular flexibility index (Phi) is 6.29. The summed E-state index contributed by atoms with van der Waals surface area (Å²) >= 11 is 0. The Morgan fingerprint density at radius 2 is 1.90 bits per heavy atom. The summed E-state index contributed by atoms with van der Waals surface area (Å²) < 4.78 is 10.9. The Labute approximate surface area is 168 Å². The Hall–Kier alpha value is -3.61. The zero-order chi connectivity index (χ0) is 20.8. The lowest BCUT2D eigenvalue weighted by atomic mass is 10.0. The van der Waals surface area contributed by atoms with Crippen LogP contribution in [0.25, 0.3) is 0 Å². The molecule has 29 heavy (non-hydrogen) atoms. The number of rotatable bonds is 8. The van der Waals surface area contributed by atoms with Crippen molar-refractivity contribution < 1.29 is 18.8 Å². The van der Waals surface area contributed by atoms with Gasteiger partial charge in [0.1, 0.15) is 24.2 Å². The third-order valence-electron chi connectivity index (χ3n) is 4.59. The lowest BCUT2D eigenvalue weighted by Crippen LogP contribution is -2.45. The van der Waals surface area contributed by atoms with Crippen LogP contribution in [0.4, 0.5) is 0 Å². The van der Waals surface area contributed by atoms with Crippen molar-refractivity contribution in [2.75, 3.05) is 0 Å². The minimum Gasteiger partial charge on any atom is -0.489 e. The first-order valence-corrected chi connectivity index (χ1v) is 9.22. The molecular weight excluding hydrogens is 370 g/mol. The quantitative estimate of drug-likeness (QED) is 0.612. The van der Waals surface area contributed by atoms with Crippen LogP contribution >= 0.6 is 0 Å². The summed E-state index contributed by atoms with van der Waals surface area (Å²) in [7, 11) is 0. The number of ether oxygens (including phenoxy) is 1. The second-order valence-electron chi connectivity index (χ2n) is 6.74. The molecule has 3 aromatic rings. The minimum absolute atomic E-state index is 0.282. The fourth-order valence-electron chi connectivity index (χ4n) is 2.90. The van der Waals surface area contributed by atoms with Gasteiger partial charge in [0.05, 0.1) is 11.3 Å². The molecule has 3 N–H and O–H groups in total. The van der Waals surface area contributed by atoms with Crippen LogP contribution in [0.1, 0.15) is 32.9 Å². The fraction of sp³-hybridized carbons (Fsp3) is 0.227. The monoisotopic (exact) mass is 393 g/mol. The maximum absolute atomic E-state index is 12.6. The molecule has 7 nitrogen and oxygen atoms in total. The van der Waals surface area contributed by atoms with E-state index in [0.29, 0.717) is 23.5 Å². The highest BCUT2D eigenvalue weighted by atomic mass is 16.5. The van der Waals surface area contributed by atoms with Crippen molar-refractivity contribution in [3.63, 3.8) is 0 Å². The van der Waals surface area contributed by atoms with Crippen molar-refractivity contribution in [3.05, 3.63) is 82.7 Å². The summed E-state index contributed by atoms with van der Waals surface area (Å²) in [5, 5.41) is 6.60. The first kappa shape index (κ1) is 20.1. The molecule has 2 aromatic carbocycles. The van der Waals surface area contributed by atoms with Crippen LogP contribution in [0.3, 0.4) is 0 Å². The molecule has 2 amide bonds. The molecule has 1 heterocycles. The van der Waals surface area contributed by atoms with Gasteiger partial charge in [0, 0.05) is 12.0 Å². The van der Waals surface area contributed by atoms with E-state index < -0.39 is 17.9 Å². The van der Waals surface area contributed by atoms with Crippen LogP contribution in [0.5, 0.6) is 5.75 Å². The molecule has 3 rings (SSSR count). The van der Waals surface area contributed by atoms with E-state index >= 15 is 0 Å². The van der Waals surface area contributed by atoms with E-state index in [9.17, 15) is 9.59 Å². The SMILES string of the molecule is Cc1noc(C)c1COc1cccc(C(=O)NC(Cc2ccccc2)C(N)=O)c1. The van der Waals surface area contributed by atoms with Gasteiger partial charge < -0.3 is 20.3 Å². The summed E-state index contributed by atoms with van der Waals surface area (Å²) in [5.41, 5.74) is 8.40. The lowest BCUT2D eigenvalue weighted by Gasteiger charge is -2.16. The molecular formula is C22H23N3O4. The van der Waals surface area contributed by atoms with E-state index in [0.717, 1.165) is 16.8 Å². The number of benzene rings is 2. The number of amides is 2. The van der Waals surface area contributed by atoms with E-state index in [-0.39, 0.29) is 6.61 Å². The van der Waals surface area contributed by atoms with Crippen molar-refractivity contribution in [1.29, 1.82) is 0 Å². The molecule has 0 aliphatic heterocycles. The largest absolute Gasteiger partial charge is 0.489 e. The molecule has 0 aliphatic rings. The maximum atomic E-state index is 12.6. The van der Waals surface area contributed by atoms with Crippen LogP contribution in [-0.4, -0.2) is 23.0 Å². The van der Waals surface area contributed by atoms with Gasteiger partial charge in [-0.05, 0) is 37.6 Å². The average molecular weight is 393 g/mol. The highest BCUT2D eigenvalue weighted by Crippen LogP contribution is 2.18. The zero-order valence-corrected chi connectivity index (χ0v) is 16.3. The number of aryl methyl sites for hydroxylation is 2. The lowest BCUT2D eigenvalue weighted by molar-refractivity contribution is -0.119. The fourth-order valence-corrected chi connectivity index (χ4v) is 2.90. The number of aromatic nitrogens is 1. The number of nitrogens with two attached hydrogens (primary N) is 1. The minimum atomic E-state index is -0.809. The van der Waals surface area contributed by atoms with Gasteiger partial charge in [-0.15, -0.1) is 0 Å². The predicted octanol–water partition coefficient (Wildman–Crippen LogP) is 2.70. The number of hydrogen-bond acceptors (Lipinski definition) is 5. The van der Waals surface area contributed by atoms with Crippen molar-refractivity contribution in [1.82, 2.24) is 10.5 Å². The van der Waals surface area contributed by atoms with Crippen LogP contribution < -0.4 is 15.8 Å². The predicted molar refractivity (Wildman–Crippen MR) is 107 cm³/mol. The number of carbonyl (C=O) groups excluding carboxylic acids is 2. The summed E-state index contributed by atoms with van der Waals surface area (Å²) in [5.74, 6) is 0.235. The first-order chi connectivity index (χ1) is 13.9. The number of nitrogens with zero attached hydrogens (tertiary/aromatic N) is 1. The van der Waals surface area contributed by atoms with Crippen molar-refractivity contribution >= 4 is 11.8 Å². The van der Waals surface area contributed by atoms with E-state index in [1.54, 1.807) is 24.3 Å². The van der Waals surface area contributed by atoms with Gasteiger partial charge in [-0.2, -0.15) is 0 Å². The maximum Gasteiger partial charge on any atom is 0.252 e. The molecule has 0 spiro atoms. The number of hydrogen-bond donors (Lipinski definition) is 2. The second kappa shape index (κ2) is 9.05. The summed E-state index contributed by atoms with van der Waals surface area (Å²) in [6, 6.07) is 15.3. The Morgan fingerprint density at radius 3 is 2.55 bits per heavy atom. The molecule has 0 saturated carbocycles. The van der Waals surface area contributed by atoms with Gasteiger partial charge in [0.15, 0.2) is 0 Å². The van der Waals surface area contributed by atoms with Crippen LogP contribution in [0, 0.1) is 13.8 Å². The van der Waals surface area contributed by atoms with Crippen molar-refractivity contribution in [2.45, 2.75) is 32.9 Å². The Morgan fingerprint density at radius 1 is 1.14 bits per heavy atom. The smallest absolute Gasteiger partial charge is 0.252 e. The van der Waals surface area contributed by atoms with Crippen molar-refractivity contribution in [2.24, 2.45) is 5.73 Å². The first-order valence-electron chi connectivity index (χ1n) is 9.22. The normalized spacial score (nSPS) is 11.7. The Balaban J connectivity index is 1.67. The molecule has 0 saturated heterocycles. The molecule has 1 unspecified atom stereocenters. The second-order valence-corrected chi connectivity index (χ2v) is 6.74. The number of nitrogens with one attached hydrogen (secondary N) is 1. The van der Waals surface area contributed by atoms with E-state index in [4.69, 9.17) is 15.0 Å². The Bertz CT molecular complexity index is 979. The highest BCUT2D eigenvalue weighted by molar-refractivity contribution is 5.97. The summed E-state index contributed by atoms with van der Waals surface area (Å²) in [6.07, 6.45) is 0.324. The van der Waals surface area contributed by atoms with E-state index in [1.807, 2.05) is 44.2 Å². The molecule has 0 radical (unpaired) electrons. The van der Waals surface area contributed by atoms with Crippen LogP contribution in [-0.2, 0) is 17.8 Å². The molecule has 7 heteroatoms. The zero-order valence-electron chi connectivity index (χ0n) is 16.3. The number of primary amides is 1. The summed E-state index contributed by atoms with van der Waals surface area (Å²) in [6.45, 7) is 3.94. The van der Waals surface area contributed by atoms with E-state index in [2.05, 4.69) is 10.5 Å². The molecule has 1 atom stereocenters. The highest BCUT2D eigenvalue weighted by Gasteiger charge is 2.20. The molecule has 0 bridgehead atoms. The third kappa shape index (κ3) is 5.22. The molecule has 0 fully saturated rings. The van der Waals surface area contributed by atoms with E-state index in [1.165, 1.54) is 0 Å². The summed E-state index contributed by atoms with van der Waals surface area (Å²) in [4.78, 5) is 24.4. The third-order valence-corrected chi connectivity index (χ3v) is 4.59. The van der Waals surface area contributed by atoms with Gasteiger partial charge in [-0.3, -0.25) is 9.59 Å². The van der Waals surface area contributed by atoms with Gasteiger partial charge in [-0.1, -0.05) is 41.6 Å². The standard InChI is InChI=1S/C22H23N3O4/c1-14-19(15(2)29-25-14)13-28-18-10-6-9-17(12-18)22(27)24-20(21(23)26)11-16-7-4-3-5-8-16/h3-10,12,20H,11,13H2,1-2H3,(H2,23,26)(H,24,27). The van der Waals surface area contributed by atoms with Crippen molar-refractivity contribution in [3.8, 4) is 5.75 Å². The van der Waals surface area contributed by atoms with Gasteiger partial charge in [0.25, 0.3) is 5.91 Å². The molecule has 0 aliphatic carbocycles.